The molecule has 1 N–H and O–H groups in total. The molecule has 30 heavy (non-hydrogen) atoms. The molecule has 160 valence electrons. The SMILES string of the molecule is CCCN(CC1CC1)c1cc(C(=O)Cc2ccc(CCCC(=O)O)cc2C)ncn1. The van der Waals surface area contributed by atoms with Crippen molar-refractivity contribution in [2.24, 2.45) is 5.92 Å². The van der Waals surface area contributed by atoms with Crippen molar-refractivity contribution in [1.82, 2.24) is 9.97 Å². The third-order valence-electron chi connectivity index (χ3n) is 5.55. The number of aliphatic carboxylic acids is 1. The molecule has 6 nitrogen and oxygen atoms in total. The van der Waals surface area contributed by atoms with Crippen molar-refractivity contribution < 1.29 is 14.7 Å². The lowest BCUT2D eigenvalue weighted by atomic mass is 9.97. The van der Waals surface area contributed by atoms with E-state index < -0.39 is 5.97 Å². The van der Waals surface area contributed by atoms with Gasteiger partial charge in [0.2, 0.25) is 0 Å². The fourth-order valence-corrected chi connectivity index (χ4v) is 3.67. The van der Waals surface area contributed by atoms with E-state index in [4.69, 9.17) is 5.11 Å². The van der Waals surface area contributed by atoms with Gasteiger partial charge in [0, 0.05) is 32.0 Å². The van der Waals surface area contributed by atoms with Crippen molar-refractivity contribution in [2.45, 2.75) is 58.8 Å². The Morgan fingerprint density at radius 1 is 1.20 bits per heavy atom. The number of nitrogens with zero attached hydrogens (tertiary/aromatic N) is 3. The number of hydrogen-bond donors (Lipinski definition) is 1. The van der Waals surface area contributed by atoms with E-state index in [0.717, 1.165) is 54.4 Å². The lowest BCUT2D eigenvalue weighted by molar-refractivity contribution is -0.137. The number of carboxylic acids is 1. The van der Waals surface area contributed by atoms with E-state index in [1.807, 2.05) is 25.1 Å². The normalized spacial score (nSPS) is 13.3. The maximum Gasteiger partial charge on any atom is 0.303 e. The second-order valence-corrected chi connectivity index (χ2v) is 8.26. The predicted molar refractivity (Wildman–Crippen MR) is 117 cm³/mol. The van der Waals surface area contributed by atoms with E-state index in [1.165, 1.54) is 19.2 Å². The molecule has 0 atom stereocenters. The summed E-state index contributed by atoms with van der Waals surface area (Å²) in [6.45, 7) is 6.08. The highest BCUT2D eigenvalue weighted by atomic mass is 16.4. The van der Waals surface area contributed by atoms with Gasteiger partial charge in [-0.05, 0) is 61.6 Å². The fourth-order valence-electron chi connectivity index (χ4n) is 3.67. The molecule has 1 aliphatic rings. The quantitative estimate of drug-likeness (QED) is 0.528. The minimum Gasteiger partial charge on any atom is -0.481 e. The number of carboxylic acid groups (broad SMARTS) is 1. The summed E-state index contributed by atoms with van der Waals surface area (Å²) in [7, 11) is 0. The van der Waals surface area contributed by atoms with Gasteiger partial charge in [0.05, 0.1) is 0 Å². The van der Waals surface area contributed by atoms with Gasteiger partial charge in [0.1, 0.15) is 17.8 Å². The van der Waals surface area contributed by atoms with Crippen LogP contribution in [0.1, 0.15) is 66.2 Å². The molecular weight excluding hydrogens is 378 g/mol. The monoisotopic (exact) mass is 409 g/mol. The molecular formula is C24H31N3O3. The number of aryl methyl sites for hydroxylation is 2. The van der Waals surface area contributed by atoms with Crippen LogP contribution in [0.15, 0.2) is 30.6 Å². The highest BCUT2D eigenvalue weighted by Crippen LogP contribution is 2.31. The zero-order valence-electron chi connectivity index (χ0n) is 17.9. The first-order chi connectivity index (χ1) is 14.5. The molecule has 1 fully saturated rings. The van der Waals surface area contributed by atoms with Crippen molar-refractivity contribution in [3.05, 3.63) is 53.0 Å². The molecule has 0 spiro atoms. The van der Waals surface area contributed by atoms with Gasteiger partial charge in [-0.3, -0.25) is 9.59 Å². The smallest absolute Gasteiger partial charge is 0.303 e. The summed E-state index contributed by atoms with van der Waals surface area (Å²) in [6.07, 6.45) is 6.91. The molecule has 0 bridgehead atoms. The summed E-state index contributed by atoms with van der Waals surface area (Å²) >= 11 is 0. The molecule has 2 aromatic rings. The van der Waals surface area contributed by atoms with Crippen LogP contribution in [-0.4, -0.2) is 39.9 Å². The molecule has 0 amide bonds. The second kappa shape index (κ2) is 10.3. The Hall–Kier alpha value is -2.76. The Morgan fingerprint density at radius 2 is 2.00 bits per heavy atom. The number of aromatic nitrogens is 2. The summed E-state index contributed by atoms with van der Waals surface area (Å²) in [4.78, 5) is 34.5. The van der Waals surface area contributed by atoms with E-state index in [2.05, 4.69) is 27.9 Å². The lowest BCUT2D eigenvalue weighted by Crippen LogP contribution is -2.27. The van der Waals surface area contributed by atoms with Crippen LogP contribution in [0.3, 0.4) is 0 Å². The third-order valence-corrected chi connectivity index (χ3v) is 5.55. The van der Waals surface area contributed by atoms with E-state index in [-0.39, 0.29) is 12.2 Å². The number of hydrogen-bond acceptors (Lipinski definition) is 5. The van der Waals surface area contributed by atoms with Gasteiger partial charge in [0.25, 0.3) is 0 Å². The standard InChI is InChI=1S/C24H31N3O3/c1-3-11-27(15-19-7-8-19)23-14-21(25-16-26-23)22(28)13-20-10-9-18(12-17(20)2)5-4-6-24(29)30/h9-10,12,14,16,19H,3-8,11,13,15H2,1-2H3,(H,29,30). The molecule has 1 heterocycles. The summed E-state index contributed by atoms with van der Waals surface area (Å²) in [5, 5.41) is 8.78. The summed E-state index contributed by atoms with van der Waals surface area (Å²) in [5.41, 5.74) is 3.59. The van der Waals surface area contributed by atoms with Crippen LogP contribution < -0.4 is 4.90 Å². The Morgan fingerprint density at radius 3 is 2.67 bits per heavy atom. The first kappa shape index (κ1) is 21.9. The first-order valence-electron chi connectivity index (χ1n) is 10.9. The predicted octanol–water partition coefficient (Wildman–Crippen LogP) is 4.24. The summed E-state index contributed by atoms with van der Waals surface area (Å²) in [6, 6.07) is 7.84. The molecule has 1 aliphatic carbocycles. The summed E-state index contributed by atoms with van der Waals surface area (Å²) < 4.78 is 0. The van der Waals surface area contributed by atoms with Crippen LogP contribution in [0.2, 0.25) is 0 Å². The molecule has 3 rings (SSSR count). The molecule has 1 saturated carbocycles. The average molecular weight is 410 g/mol. The van der Waals surface area contributed by atoms with Gasteiger partial charge in [-0.25, -0.2) is 9.97 Å². The highest BCUT2D eigenvalue weighted by Gasteiger charge is 2.25. The first-order valence-corrected chi connectivity index (χ1v) is 10.9. The topological polar surface area (TPSA) is 83.4 Å². The van der Waals surface area contributed by atoms with Crippen LogP contribution in [0, 0.1) is 12.8 Å². The number of anilines is 1. The number of benzene rings is 1. The number of carbonyl (C=O) groups is 2. The summed E-state index contributed by atoms with van der Waals surface area (Å²) in [5.74, 6) is 0.811. The maximum atomic E-state index is 12.9. The highest BCUT2D eigenvalue weighted by molar-refractivity contribution is 5.96. The number of ketones is 1. The van der Waals surface area contributed by atoms with Gasteiger partial charge in [-0.2, -0.15) is 0 Å². The van der Waals surface area contributed by atoms with Crippen LogP contribution >= 0.6 is 0 Å². The largest absolute Gasteiger partial charge is 0.481 e. The molecule has 6 heteroatoms. The van der Waals surface area contributed by atoms with Gasteiger partial charge < -0.3 is 10.0 Å². The van der Waals surface area contributed by atoms with Gasteiger partial charge >= 0.3 is 5.97 Å². The van der Waals surface area contributed by atoms with E-state index >= 15 is 0 Å². The van der Waals surface area contributed by atoms with E-state index in [9.17, 15) is 9.59 Å². The Balaban J connectivity index is 1.66. The van der Waals surface area contributed by atoms with Crippen LogP contribution in [-0.2, 0) is 17.6 Å². The van der Waals surface area contributed by atoms with Crippen molar-refractivity contribution >= 4 is 17.6 Å². The second-order valence-electron chi connectivity index (χ2n) is 8.26. The number of rotatable bonds is 12. The van der Waals surface area contributed by atoms with Gasteiger partial charge in [0.15, 0.2) is 5.78 Å². The van der Waals surface area contributed by atoms with Crippen LogP contribution in [0.4, 0.5) is 5.82 Å². The number of Topliss-reactive ketones (excluding diaryl/α,β-unsaturated/α-hetero) is 1. The number of carbonyl (C=O) groups excluding carboxylic acids is 1. The average Bonchev–Trinajstić information content (AvgIpc) is 3.53. The maximum absolute atomic E-state index is 12.9. The molecule has 0 aliphatic heterocycles. The Kier molecular flexibility index (Phi) is 7.55. The third kappa shape index (κ3) is 6.37. The lowest BCUT2D eigenvalue weighted by Gasteiger charge is -2.23. The molecule has 0 unspecified atom stereocenters. The Bertz CT molecular complexity index is 893. The minimum absolute atomic E-state index is 0.0109. The van der Waals surface area contributed by atoms with Crippen molar-refractivity contribution in [3.63, 3.8) is 0 Å². The van der Waals surface area contributed by atoms with Crippen LogP contribution in [0.25, 0.3) is 0 Å². The van der Waals surface area contributed by atoms with Crippen LogP contribution in [0.5, 0.6) is 0 Å². The molecule has 0 radical (unpaired) electrons. The van der Waals surface area contributed by atoms with Gasteiger partial charge in [-0.1, -0.05) is 25.1 Å². The van der Waals surface area contributed by atoms with Crippen molar-refractivity contribution in [3.8, 4) is 0 Å². The van der Waals surface area contributed by atoms with Crippen molar-refractivity contribution in [1.29, 1.82) is 0 Å². The minimum atomic E-state index is -0.771. The van der Waals surface area contributed by atoms with Gasteiger partial charge in [-0.15, -0.1) is 0 Å². The molecule has 1 aromatic carbocycles. The zero-order valence-corrected chi connectivity index (χ0v) is 17.9. The van der Waals surface area contributed by atoms with E-state index in [1.54, 1.807) is 0 Å². The van der Waals surface area contributed by atoms with Crippen molar-refractivity contribution in [2.75, 3.05) is 18.0 Å². The van der Waals surface area contributed by atoms with E-state index in [0.29, 0.717) is 18.5 Å². The molecule has 1 aromatic heterocycles. The fraction of sp³-hybridized carbons (Fsp3) is 0.500. The molecule has 0 saturated heterocycles. The Labute approximate surface area is 178 Å². The zero-order chi connectivity index (χ0) is 21.5.